The average Bonchev–Trinajstić information content (AvgIpc) is 3.36. The highest BCUT2D eigenvalue weighted by Crippen LogP contribution is 2.53. The van der Waals surface area contributed by atoms with Gasteiger partial charge in [-0.1, -0.05) is 44.2 Å². The Morgan fingerprint density at radius 1 is 1.07 bits per heavy atom. The molecular weight excluding hydrogens is 364 g/mol. The summed E-state index contributed by atoms with van der Waals surface area (Å²) < 4.78 is 0. The summed E-state index contributed by atoms with van der Waals surface area (Å²) in [5.41, 5.74) is 10.1. The number of thiophene rings is 2. The zero-order valence-electron chi connectivity index (χ0n) is 16.2. The number of hydrogen-bond donors (Lipinski definition) is 0. The van der Waals surface area contributed by atoms with E-state index >= 15 is 0 Å². The van der Waals surface area contributed by atoms with Gasteiger partial charge in [-0.25, -0.2) is 0 Å². The standard InChI is InChI=1S/C25H24S2/c1-17(2)19-10-9-18(3)24-20(15-19)11-12-25(24,4)22(23-8-6-14-27-23)16-21-7-5-13-26-21/h5-14,16-17H,1-4H3/b22-16+. The molecule has 2 aliphatic carbocycles. The number of fused-ring (bicyclic) bond motifs is 1. The van der Waals surface area contributed by atoms with Gasteiger partial charge in [0.2, 0.25) is 0 Å². The number of allylic oxidation sites excluding steroid dienone is 8. The molecule has 0 N–H and O–H groups in total. The van der Waals surface area contributed by atoms with E-state index in [4.69, 9.17) is 0 Å². The summed E-state index contributed by atoms with van der Waals surface area (Å²) in [7, 11) is 0. The van der Waals surface area contributed by atoms with Crippen molar-refractivity contribution in [2.24, 2.45) is 11.3 Å². The third-order valence-corrected chi connectivity index (χ3v) is 7.08. The van der Waals surface area contributed by atoms with Gasteiger partial charge < -0.3 is 0 Å². The van der Waals surface area contributed by atoms with Crippen LogP contribution in [0, 0.1) is 11.3 Å². The van der Waals surface area contributed by atoms with Crippen molar-refractivity contribution in [1.29, 1.82) is 0 Å². The van der Waals surface area contributed by atoms with Crippen molar-refractivity contribution < 1.29 is 0 Å². The summed E-state index contributed by atoms with van der Waals surface area (Å²) in [5.74, 6) is 0.472. The molecule has 2 heterocycles. The van der Waals surface area contributed by atoms with Crippen LogP contribution in [0.3, 0.4) is 0 Å². The molecule has 0 nitrogen and oxygen atoms in total. The zero-order chi connectivity index (χ0) is 19.0. The first-order valence-corrected chi connectivity index (χ1v) is 11.1. The second kappa shape index (κ2) is 7.13. The molecule has 0 saturated carbocycles. The molecule has 0 bridgehead atoms. The minimum absolute atomic E-state index is 0.155. The van der Waals surface area contributed by atoms with E-state index in [0.29, 0.717) is 5.92 Å². The average molecular weight is 389 g/mol. The molecule has 27 heavy (non-hydrogen) atoms. The van der Waals surface area contributed by atoms with Crippen molar-refractivity contribution in [1.82, 2.24) is 0 Å². The second-order valence-corrected chi connectivity index (χ2v) is 9.55. The lowest BCUT2D eigenvalue weighted by atomic mass is 9.74. The Kier molecular flexibility index (Phi) is 4.82. The van der Waals surface area contributed by atoms with Crippen LogP contribution in [0.2, 0.25) is 0 Å². The maximum atomic E-state index is 3.70. The van der Waals surface area contributed by atoms with Gasteiger partial charge in [-0.2, -0.15) is 0 Å². The van der Waals surface area contributed by atoms with E-state index in [1.165, 1.54) is 37.6 Å². The molecule has 2 heteroatoms. The van der Waals surface area contributed by atoms with E-state index in [2.05, 4.69) is 98.8 Å². The van der Waals surface area contributed by atoms with Gasteiger partial charge in [0.1, 0.15) is 0 Å². The smallest absolute Gasteiger partial charge is 0.0386 e. The quantitative estimate of drug-likeness (QED) is 0.467. The summed E-state index contributed by atoms with van der Waals surface area (Å²) in [5, 5.41) is 4.31. The molecule has 2 aromatic heterocycles. The van der Waals surface area contributed by atoms with E-state index in [1.807, 2.05) is 11.3 Å². The summed E-state index contributed by atoms with van der Waals surface area (Å²) in [4.78, 5) is 2.63. The van der Waals surface area contributed by atoms with Crippen molar-refractivity contribution in [3.05, 3.63) is 97.1 Å². The first-order chi connectivity index (χ1) is 13.0. The van der Waals surface area contributed by atoms with E-state index in [-0.39, 0.29) is 5.41 Å². The highest BCUT2D eigenvalue weighted by atomic mass is 32.1. The lowest BCUT2D eigenvalue weighted by molar-refractivity contribution is 0.717. The maximum absolute atomic E-state index is 3.70. The topological polar surface area (TPSA) is 0 Å². The van der Waals surface area contributed by atoms with Crippen molar-refractivity contribution in [3.63, 3.8) is 0 Å². The molecule has 0 amide bonds. The SMILES string of the molecule is CC1=C2C(=C=C(C(C)C)C=C1)C=CC2(C)/C(=C/c1cccs1)c1cccs1. The molecule has 0 aliphatic heterocycles. The van der Waals surface area contributed by atoms with E-state index in [0.717, 1.165) is 0 Å². The molecule has 136 valence electrons. The lowest BCUT2D eigenvalue weighted by Crippen LogP contribution is -2.16. The summed E-state index contributed by atoms with van der Waals surface area (Å²) in [6, 6.07) is 8.70. The summed E-state index contributed by atoms with van der Waals surface area (Å²) >= 11 is 3.61. The van der Waals surface area contributed by atoms with Crippen molar-refractivity contribution in [3.8, 4) is 0 Å². The molecule has 2 aromatic rings. The van der Waals surface area contributed by atoms with Gasteiger partial charge in [0.05, 0.1) is 0 Å². The van der Waals surface area contributed by atoms with E-state index in [1.54, 1.807) is 11.3 Å². The molecule has 2 aliphatic rings. The zero-order valence-corrected chi connectivity index (χ0v) is 17.9. The molecule has 0 radical (unpaired) electrons. The largest absolute Gasteiger partial charge is 0.144 e. The van der Waals surface area contributed by atoms with Crippen LogP contribution in [0.25, 0.3) is 11.6 Å². The van der Waals surface area contributed by atoms with Crippen LogP contribution in [-0.4, -0.2) is 0 Å². The van der Waals surface area contributed by atoms with Crippen LogP contribution in [0.15, 0.2) is 87.4 Å². The van der Waals surface area contributed by atoms with E-state index < -0.39 is 0 Å². The Balaban J connectivity index is 1.93. The highest BCUT2D eigenvalue weighted by molar-refractivity contribution is 7.12. The first-order valence-electron chi connectivity index (χ1n) is 9.38. The fourth-order valence-corrected chi connectivity index (χ4v) is 5.42. The van der Waals surface area contributed by atoms with Gasteiger partial charge in [-0.15, -0.1) is 28.4 Å². The summed E-state index contributed by atoms with van der Waals surface area (Å²) in [6.45, 7) is 9.06. The Bertz CT molecular complexity index is 1030. The third-order valence-electron chi connectivity index (χ3n) is 5.36. The normalized spacial score (nSPS) is 22.2. The van der Waals surface area contributed by atoms with Gasteiger partial charge in [0, 0.05) is 20.7 Å². The maximum Gasteiger partial charge on any atom is 0.0386 e. The van der Waals surface area contributed by atoms with Crippen LogP contribution in [0.5, 0.6) is 0 Å². The van der Waals surface area contributed by atoms with Crippen LogP contribution < -0.4 is 0 Å². The molecule has 1 unspecified atom stereocenters. The number of hydrogen-bond acceptors (Lipinski definition) is 2. The highest BCUT2D eigenvalue weighted by Gasteiger charge is 2.38. The minimum atomic E-state index is -0.155. The number of rotatable bonds is 4. The lowest BCUT2D eigenvalue weighted by Gasteiger charge is -2.29. The predicted molar refractivity (Wildman–Crippen MR) is 121 cm³/mol. The van der Waals surface area contributed by atoms with Gasteiger partial charge in [0.25, 0.3) is 0 Å². The van der Waals surface area contributed by atoms with Crippen LogP contribution in [0.4, 0.5) is 0 Å². The molecule has 0 saturated heterocycles. The Labute approximate surface area is 170 Å². The van der Waals surface area contributed by atoms with Crippen LogP contribution >= 0.6 is 22.7 Å². The molecule has 1 atom stereocenters. The van der Waals surface area contributed by atoms with Crippen molar-refractivity contribution >= 4 is 34.3 Å². The first kappa shape index (κ1) is 18.3. The fourth-order valence-electron chi connectivity index (χ4n) is 3.90. The van der Waals surface area contributed by atoms with Gasteiger partial charge in [-0.3, -0.25) is 0 Å². The molecular formula is C25H24S2. The minimum Gasteiger partial charge on any atom is -0.144 e. The molecule has 0 fully saturated rings. The Morgan fingerprint density at radius 3 is 2.52 bits per heavy atom. The molecule has 0 spiro atoms. The fraction of sp³-hybridized carbons (Fsp3) is 0.240. The van der Waals surface area contributed by atoms with Crippen molar-refractivity contribution in [2.75, 3.05) is 0 Å². The molecule has 0 aromatic carbocycles. The van der Waals surface area contributed by atoms with E-state index in [9.17, 15) is 0 Å². The van der Waals surface area contributed by atoms with Gasteiger partial charge in [-0.05, 0) is 77.1 Å². The van der Waals surface area contributed by atoms with Crippen LogP contribution in [0.1, 0.15) is 37.4 Å². The van der Waals surface area contributed by atoms with Crippen LogP contribution in [-0.2, 0) is 0 Å². The van der Waals surface area contributed by atoms with Gasteiger partial charge in [0.15, 0.2) is 0 Å². The third kappa shape index (κ3) is 3.30. The molecule has 4 rings (SSSR count). The predicted octanol–water partition coefficient (Wildman–Crippen LogP) is 7.92. The summed E-state index contributed by atoms with van der Waals surface area (Å²) in [6.07, 6.45) is 11.5. The van der Waals surface area contributed by atoms with Crippen molar-refractivity contribution in [2.45, 2.75) is 27.7 Å². The van der Waals surface area contributed by atoms with Gasteiger partial charge >= 0.3 is 0 Å². The second-order valence-electron chi connectivity index (χ2n) is 7.63. The Hall–Kier alpha value is -2.12. The Morgan fingerprint density at radius 2 is 1.85 bits per heavy atom. The monoisotopic (exact) mass is 388 g/mol.